The molecule has 1 amide bonds. The van der Waals surface area contributed by atoms with E-state index in [1.807, 2.05) is 0 Å². The van der Waals surface area contributed by atoms with Gasteiger partial charge in [0.2, 0.25) is 0 Å². The Morgan fingerprint density at radius 2 is 1.85 bits per heavy atom. The zero-order chi connectivity index (χ0) is 19.3. The number of hydrogen-bond acceptors (Lipinski definition) is 3. The van der Waals surface area contributed by atoms with Crippen LogP contribution in [0.4, 0.5) is 5.69 Å². The number of nitrogens with one attached hydrogen (secondary N) is 2. The summed E-state index contributed by atoms with van der Waals surface area (Å²) in [6, 6.07) is 12.8. The highest BCUT2D eigenvalue weighted by Crippen LogP contribution is 2.25. The molecule has 0 saturated heterocycles. The molecule has 0 unspecified atom stereocenters. The smallest absolute Gasteiger partial charge is 0.263 e. The van der Waals surface area contributed by atoms with Crippen molar-refractivity contribution in [3.63, 3.8) is 0 Å². The van der Waals surface area contributed by atoms with Gasteiger partial charge in [-0.2, -0.15) is 0 Å². The standard InChI is InChI=1S/C20H21ClN2O3S/c21-18-12-11-16(20(24)22-14-15-7-3-1-4-8-15)13-19(18)27(25,26)23-17-9-5-2-6-10-17/h2,5-7,9-13,23H,1,3-4,8,14H2,(H,22,24). The van der Waals surface area contributed by atoms with Gasteiger partial charge in [-0.05, 0) is 56.0 Å². The van der Waals surface area contributed by atoms with Gasteiger partial charge >= 0.3 is 0 Å². The molecule has 0 aromatic heterocycles. The molecule has 0 fully saturated rings. The number of sulfonamides is 1. The molecule has 1 aliphatic carbocycles. The monoisotopic (exact) mass is 404 g/mol. The first-order chi connectivity index (χ1) is 13.0. The number of hydrogen-bond donors (Lipinski definition) is 2. The van der Waals surface area contributed by atoms with Crippen LogP contribution in [0.1, 0.15) is 36.0 Å². The van der Waals surface area contributed by atoms with Gasteiger partial charge in [0.05, 0.1) is 5.02 Å². The SMILES string of the molecule is O=C(NCC1=CCCCC1)c1ccc(Cl)c(S(=O)(=O)Nc2ccccc2)c1. The first-order valence-electron chi connectivity index (χ1n) is 8.79. The molecule has 0 spiro atoms. The van der Waals surface area contributed by atoms with Gasteiger partial charge in [0.15, 0.2) is 0 Å². The molecule has 0 radical (unpaired) electrons. The number of allylic oxidation sites excluding steroid dienone is 1. The zero-order valence-corrected chi connectivity index (χ0v) is 16.3. The second kappa shape index (κ2) is 8.59. The fraction of sp³-hybridized carbons (Fsp3) is 0.250. The Labute approximate surface area is 164 Å². The van der Waals surface area contributed by atoms with Gasteiger partial charge in [0, 0.05) is 17.8 Å². The van der Waals surface area contributed by atoms with Crippen LogP contribution in [-0.2, 0) is 10.0 Å². The molecule has 5 nitrogen and oxygen atoms in total. The lowest BCUT2D eigenvalue weighted by atomic mass is 9.99. The third-order valence-corrected chi connectivity index (χ3v) is 6.23. The molecule has 27 heavy (non-hydrogen) atoms. The lowest BCUT2D eigenvalue weighted by molar-refractivity contribution is 0.0956. The summed E-state index contributed by atoms with van der Waals surface area (Å²) in [7, 11) is -3.91. The first-order valence-corrected chi connectivity index (χ1v) is 10.7. The van der Waals surface area contributed by atoms with Gasteiger partial charge < -0.3 is 5.32 Å². The number of benzene rings is 2. The molecule has 0 bridgehead atoms. The number of amides is 1. The maximum atomic E-state index is 12.7. The highest BCUT2D eigenvalue weighted by Gasteiger charge is 2.20. The molecule has 2 aromatic rings. The van der Waals surface area contributed by atoms with Crippen molar-refractivity contribution in [3.8, 4) is 0 Å². The predicted octanol–water partition coefficient (Wildman–Crippen LogP) is 4.37. The molecule has 0 aliphatic heterocycles. The fourth-order valence-corrected chi connectivity index (χ4v) is 4.51. The van der Waals surface area contributed by atoms with Crippen molar-refractivity contribution < 1.29 is 13.2 Å². The lowest BCUT2D eigenvalue weighted by Crippen LogP contribution is -2.26. The molecule has 7 heteroatoms. The van der Waals surface area contributed by atoms with Crippen molar-refractivity contribution in [2.24, 2.45) is 0 Å². The molecule has 3 rings (SSSR count). The lowest BCUT2D eigenvalue weighted by Gasteiger charge is -2.14. The summed E-state index contributed by atoms with van der Waals surface area (Å²) in [5, 5.41) is 2.91. The molecular formula is C20H21ClN2O3S. The van der Waals surface area contributed by atoms with Crippen LogP contribution in [0.25, 0.3) is 0 Å². The topological polar surface area (TPSA) is 75.3 Å². The van der Waals surface area contributed by atoms with Crippen LogP contribution in [0.2, 0.25) is 5.02 Å². The second-order valence-corrected chi connectivity index (χ2v) is 8.47. The third-order valence-electron chi connectivity index (χ3n) is 4.37. The van der Waals surface area contributed by atoms with E-state index in [-0.39, 0.29) is 21.4 Å². The van der Waals surface area contributed by atoms with Crippen LogP contribution in [0.15, 0.2) is 65.1 Å². The van der Waals surface area contributed by atoms with Crippen LogP contribution in [0, 0.1) is 0 Å². The van der Waals surface area contributed by atoms with Crippen LogP contribution in [0.5, 0.6) is 0 Å². The third kappa shape index (κ3) is 5.11. The maximum absolute atomic E-state index is 12.7. The van der Waals surface area contributed by atoms with Crippen LogP contribution >= 0.6 is 11.6 Å². The number of halogens is 1. The van der Waals surface area contributed by atoms with Gasteiger partial charge in [-0.1, -0.05) is 41.4 Å². The van der Waals surface area contributed by atoms with E-state index in [0.29, 0.717) is 12.2 Å². The summed E-state index contributed by atoms with van der Waals surface area (Å²) in [5.74, 6) is -0.325. The molecule has 142 valence electrons. The summed E-state index contributed by atoms with van der Waals surface area (Å²) in [5.41, 5.74) is 1.89. The number of rotatable bonds is 6. The van der Waals surface area contributed by atoms with Gasteiger partial charge in [-0.15, -0.1) is 0 Å². The van der Waals surface area contributed by atoms with E-state index < -0.39 is 10.0 Å². The average molecular weight is 405 g/mol. The van der Waals surface area contributed by atoms with Gasteiger partial charge in [-0.25, -0.2) is 8.42 Å². The van der Waals surface area contributed by atoms with E-state index in [0.717, 1.165) is 19.3 Å². The van der Waals surface area contributed by atoms with E-state index in [1.54, 1.807) is 30.3 Å². The van der Waals surface area contributed by atoms with Crippen molar-refractivity contribution in [2.45, 2.75) is 30.6 Å². The Kier molecular flexibility index (Phi) is 6.19. The summed E-state index contributed by atoms with van der Waals surface area (Å²) in [6.45, 7) is 0.478. The molecule has 0 saturated carbocycles. The number of carbonyl (C=O) groups is 1. The van der Waals surface area contributed by atoms with Crippen molar-refractivity contribution in [1.29, 1.82) is 0 Å². The molecule has 2 N–H and O–H groups in total. The Morgan fingerprint density at radius 3 is 2.56 bits per heavy atom. The quantitative estimate of drug-likeness (QED) is 0.702. The summed E-state index contributed by atoms with van der Waals surface area (Å²) in [4.78, 5) is 12.3. The minimum absolute atomic E-state index is 0.0602. The summed E-state index contributed by atoms with van der Waals surface area (Å²) in [6.07, 6.45) is 6.51. The molecule has 0 heterocycles. The number of para-hydroxylation sites is 1. The highest BCUT2D eigenvalue weighted by atomic mass is 35.5. The zero-order valence-electron chi connectivity index (χ0n) is 14.7. The van der Waals surface area contributed by atoms with Gasteiger partial charge in [0.1, 0.15) is 4.90 Å². The van der Waals surface area contributed by atoms with Crippen molar-refractivity contribution in [3.05, 3.63) is 70.8 Å². The van der Waals surface area contributed by atoms with Crippen molar-refractivity contribution in [1.82, 2.24) is 5.32 Å². The Bertz CT molecular complexity index is 956. The molecule has 2 aromatic carbocycles. The van der Waals surface area contributed by atoms with E-state index >= 15 is 0 Å². The average Bonchev–Trinajstić information content (AvgIpc) is 2.67. The van der Waals surface area contributed by atoms with Crippen LogP contribution in [0.3, 0.4) is 0 Å². The Morgan fingerprint density at radius 1 is 1.07 bits per heavy atom. The van der Waals surface area contributed by atoms with Gasteiger partial charge in [-0.3, -0.25) is 9.52 Å². The van der Waals surface area contributed by atoms with E-state index in [2.05, 4.69) is 16.1 Å². The van der Waals surface area contributed by atoms with E-state index in [9.17, 15) is 13.2 Å². The van der Waals surface area contributed by atoms with Crippen LogP contribution in [-0.4, -0.2) is 20.9 Å². The minimum atomic E-state index is -3.91. The Balaban J connectivity index is 1.77. The maximum Gasteiger partial charge on any atom is 0.263 e. The van der Waals surface area contributed by atoms with Crippen molar-refractivity contribution >= 4 is 33.2 Å². The minimum Gasteiger partial charge on any atom is -0.348 e. The van der Waals surface area contributed by atoms with E-state index in [1.165, 1.54) is 30.2 Å². The molecule has 0 atom stereocenters. The largest absolute Gasteiger partial charge is 0.348 e. The van der Waals surface area contributed by atoms with Crippen LogP contribution < -0.4 is 10.0 Å². The Hall–Kier alpha value is -2.31. The second-order valence-electron chi connectivity index (χ2n) is 6.41. The fourth-order valence-electron chi connectivity index (χ4n) is 2.93. The highest BCUT2D eigenvalue weighted by molar-refractivity contribution is 7.92. The molecule has 1 aliphatic rings. The van der Waals surface area contributed by atoms with Crippen molar-refractivity contribution in [2.75, 3.05) is 11.3 Å². The number of anilines is 1. The number of carbonyl (C=O) groups excluding carboxylic acids is 1. The predicted molar refractivity (Wildman–Crippen MR) is 108 cm³/mol. The normalized spacial score (nSPS) is 14.3. The van der Waals surface area contributed by atoms with Gasteiger partial charge in [0.25, 0.3) is 15.9 Å². The molecular weight excluding hydrogens is 384 g/mol. The summed E-state index contributed by atoms with van der Waals surface area (Å²) >= 11 is 6.09. The first kappa shape index (κ1) is 19.5. The summed E-state index contributed by atoms with van der Waals surface area (Å²) < 4.78 is 27.8. The van der Waals surface area contributed by atoms with E-state index in [4.69, 9.17) is 11.6 Å².